The van der Waals surface area contributed by atoms with Crippen molar-refractivity contribution in [2.45, 2.75) is 45.3 Å². The Morgan fingerprint density at radius 1 is 1.50 bits per heavy atom. The fourth-order valence-electron chi connectivity index (χ4n) is 2.57. The van der Waals surface area contributed by atoms with Crippen molar-refractivity contribution < 1.29 is 9.53 Å². The molecule has 0 aromatic carbocycles. The first-order valence-corrected chi connectivity index (χ1v) is 7.05. The number of carbonyl (C=O) groups is 1. The molecule has 1 heterocycles. The predicted octanol–water partition coefficient (Wildman–Crippen LogP) is 2.32. The predicted molar refractivity (Wildman–Crippen MR) is 76.3 cm³/mol. The van der Waals surface area contributed by atoms with Crippen molar-refractivity contribution in [3.05, 3.63) is 18.0 Å². The third-order valence-electron chi connectivity index (χ3n) is 3.50. The summed E-state index contributed by atoms with van der Waals surface area (Å²) >= 11 is 0. The van der Waals surface area contributed by atoms with Crippen LogP contribution in [0.25, 0.3) is 0 Å². The SMILES string of the molecule is COCc1ccnc(NC(=O)NC2CCCC(C)C2)n1. The minimum atomic E-state index is -0.237. The third-order valence-corrected chi connectivity index (χ3v) is 3.50. The fraction of sp³-hybridized carbons (Fsp3) is 0.643. The summed E-state index contributed by atoms with van der Waals surface area (Å²) in [6, 6.07) is 1.77. The quantitative estimate of drug-likeness (QED) is 0.886. The first-order valence-electron chi connectivity index (χ1n) is 7.05. The van der Waals surface area contributed by atoms with Gasteiger partial charge in [-0.2, -0.15) is 0 Å². The van der Waals surface area contributed by atoms with Crippen LogP contribution in [0.1, 0.15) is 38.3 Å². The highest BCUT2D eigenvalue weighted by Crippen LogP contribution is 2.23. The van der Waals surface area contributed by atoms with E-state index in [1.165, 1.54) is 12.8 Å². The summed E-state index contributed by atoms with van der Waals surface area (Å²) in [5.74, 6) is 0.983. The Morgan fingerprint density at radius 2 is 2.35 bits per heavy atom. The van der Waals surface area contributed by atoms with Gasteiger partial charge in [-0.1, -0.05) is 19.8 Å². The number of nitrogens with zero attached hydrogens (tertiary/aromatic N) is 2. The van der Waals surface area contributed by atoms with Gasteiger partial charge in [0.15, 0.2) is 0 Å². The molecule has 2 N–H and O–H groups in total. The molecule has 0 saturated heterocycles. The van der Waals surface area contributed by atoms with Crippen molar-refractivity contribution in [1.29, 1.82) is 0 Å². The van der Waals surface area contributed by atoms with Gasteiger partial charge in [0.05, 0.1) is 12.3 Å². The molecule has 0 radical (unpaired) electrons. The number of ether oxygens (including phenoxy) is 1. The molecule has 1 aliphatic rings. The molecular weight excluding hydrogens is 256 g/mol. The van der Waals surface area contributed by atoms with Crippen molar-refractivity contribution in [2.24, 2.45) is 5.92 Å². The number of urea groups is 1. The lowest BCUT2D eigenvalue weighted by atomic mass is 9.87. The van der Waals surface area contributed by atoms with Crippen LogP contribution in [0.2, 0.25) is 0 Å². The van der Waals surface area contributed by atoms with Crippen LogP contribution in [0.3, 0.4) is 0 Å². The van der Waals surface area contributed by atoms with E-state index in [2.05, 4.69) is 27.5 Å². The average Bonchev–Trinajstić information content (AvgIpc) is 2.39. The number of nitrogens with one attached hydrogen (secondary N) is 2. The van der Waals surface area contributed by atoms with E-state index in [0.29, 0.717) is 18.5 Å². The molecule has 2 atom stereocenters. The Balaban J connectivity index is 1.86. The standard InChI is InChI=1S/C14H22N4O2/c1-10-4-3-5-11(8-10)17-14(19)18-13-15-7-6-12(16-13)9-20-2/h6-7,10-11H,3-5,8-9H2,1-2H3,(H2,15,16,17,18,19). The van der Waals surface area contributed by atoms with Crippen LogP contribution in [0.15, 0.2) is 12.3 Å². The van der Waals surface area contributed by atoms with Crippen LogP contribution in [0, 0.1) is 5.92 Å². The molecule has 2 rings (SSSR count). The number of rotatable bonds is 4. The Hall–Kier alpha value is -1.69. The molecule has 6 nitrogen and oxygen atoms in total. The number of hydrogen-bond donors (Lipinski definition) is 2. The largest absolute Gasteiger partial charge is 0.378 e. The minimum Gasteiger partial charge on any atom is -0.378 e. The van der Waals surface area contributed by atoms with Gasteiger partial charge >= 0.3 is 6.03 Å². The molecule has 1 aromatic heterocycles. The van der Waals surface area contributed by atoms with Gasteiger partial charge in [0.1, 0.15) is 0 Å². The Bertz CT molecular complexity index is 453. The van der Waals surface area contributed by atoms with Crippen molar-refractivity contribution in [3.63, 3.8) is 0 Å². The highest BCUT2D eigenvalue weighted by atomic mass is 16.5. The van der Waals surface area contributed by atoms with Crippen LogP contribution in [-0.2, 0) is 11.3 Å². The van der Waals surface area contributed by atoms with Gasteiger partial charge in [-0.15, -0.1) is 0 Å². The fourth-order valence-corrected chi connectivity index (χ4v) is 2.57. The summed E-state index contributed by atoms with van der Waals surface area (Å²) < 4.78 is 5.00. The second-order valence-corrected chi connectivity index (χ2v) is 5.37. The number of methoxy groups -OCH3 is 1. The lowest BCUT2D eigenvalue weighted by molar-refractivity contribution is 0.181. The van der Waals surface area contributed by atoms with E-state index in [-0.39, 0.29) is 12.1 Å². The first kappa shape index (κ1) is 14.7. The molecule has 1 aromatic rings. The summed E-state index contributed by atoms with van der Waals surface area (Å²) in [6.45, 7) is 2.63. The molecule has 2 unspecified atom stereocenters. The van der Waals surface area contributed by atoms with Crippen LogP contribution >= 0.6 is 0 Å². The number of hydrogen-bond acceptors (Lipinski definition) is 4. The molecule has 0 spiro atoms. The molecule has 20 heavy (non-hydrogen) atoms. The van der Waals surface area contributed by atoms with Crippen LogP contribution in [-0.4, -0.2) is 29.2 Å². The lowest BCUT2D eigenvalue weighted by Gasteiger charge is -2.27. The summed E-state index contributed by atoms with van der Waals surface area (Å²) in [5, 5.41) is 5.66. The van der Waals surface area contributed by atoms with E-state index in [0.717, 1.165) is 18.5 Å². The van der Waals surface area contributed by atoms with E-state index < -0.39 is 0 Å². The molecule has 1 fully saturated rings. The maximum atomic E-state index is 11.9. The maximum absolute atomic E-state index is 11.9. The van der Waals surface area contributed by atoms with Crippen molar-refractivity contribution >= 4 is 12.0 Å². The molecule has 110 valence electrons. The smallest absolute Gasteiger partial charge is 0.321 e. The number of anilines is 1. The zero-order valence-corrected chi connectivity index (χ0v) is 12.1. The van der Waals surface area contributed by atoms with Gasteiger partial charge in [0.2, 0.25) is 5.95 Å². The van der Waals surface area contributed by atoms with Gasteiger partial charge in [-0.05, 0) is 24.8 Å². The molecule has 0 aliphatic heterocycles. The number of amides is 2. The monoisotopic (exact) mass is 278 g/mol. The maximum Gasteiger partial charge on any atom is 0.321 e. The summed E-state index contributed by atoms with van der Waals surface area (Å²) in [4.78, 5) is 20.2. The summed E-state index contributed by atoms with van der Waals surface area (Å²) in [6.07, 6.45) is 6.12. The van der Waals surface area contributed by atoms with E-state index in [4.69, 9.17) is 4.74 Å². The van der Waals surface area contributed by atoms with Gasteiger partial charge in [0.25, 0.3) is 0 Å². The third kappa shape index (κ3) is 4.45. The van der Waals surface area contributed by atoms with E-state index in [1.807, 2.05) is 0 Å². The van der Waals surface area contributed by atoms with E-state index in [1.54, 1.807) is 19.4 Å². The van der Waals surface area contributed by atoms with E-state index in [9.17, 15) is 4.79 Å². The van der Waals surface area contributed by atoms with Gasteiger partial charge in [-0.3, -0.25) is 5.32 Å². The zero-order chi connectivity index (χ0) is 14.4. The van der Waals surface area contributed by atoms with Crippen LogP contribution < -0.4 is 10.6 Å². The summed E-state index contributed by atoms with van der Waals surface area (Å²) in [7, 11) is 1.60. The second-order valence-electron chi connectivity index (χ2n) is 5.37. The highest BCUT2D eigenvalue weighted by Gasteiger charge is 2.20. The second kappa shape index (κ2) is 7.19. The zero-order valence-electron chi connectivity index (χ0n) is 12.1. The van der Waals surface area contributed by atoms with Gasteiger partial charge in [-0.25, -0.2) is 14.8 Å². The first-order chi connectivity index (χ1) is 9.67. The molecule has 0 bridgehead atoms. The Labute approximate surface area is 119 Å². The van der Waals surface area contributed by atoms with Crippen LogP contribution in [0.4, 0.5) is 10.7 Å². The number of aromatic nitrogens is 2. The molecule has 1 saturated carbocycles. The lowest BCUT2D eigenvalue weighted by Crippen LogP contribution is -2.40. The van der Waals surface area contributed by atoms with Crippen LogP contribution in [0.5, 0.6) is 0 Å². The molecule has 1 aliphatic carbocycles. The van der Waals surface area contributed by atoms with Crippen molar-refractivity contribution in [2.75, 3.05) is 12.4 Å². The van der Waals surface area contributed by atoms with Gasteiger partial charge < -0.3 is 10.1 Å². The van der Waals surface area contributed by atoms with Crippen molar-refractivity contribution in [1.82, 2.24) is 15.3 Å². The average molecular weight is 278 g/mol. The van der Waals surface area contributed by atoms with E-state index >= 15 is 0 Å². The van der Waals surface area contributed by atoms with Crippen molar-refractivity contribution in [3.8, 4) is 0 Å². The summed E-state index contributed by atoms with van der Waals surface area (Å²) in [5.41, 5.74) is 0.740. The molecule has 6 heteroatoms. The van der Waals surface area contributed by atoms with Gasteiger partial charge in [0, 0.05) is 19.3 Å². The Kier molecular flexibility index (Phi) is 5.29. The molecule has 2 amide bonds. The highest BCUT2D eigenvalue weighted by molar-refractivity contribution is 5.87. The topological polar surface area (TPSA) is 76.1 Å². The normalized spacial score (nSPS) is 22.3. The minimum absolute atomic E-state index is 0.237. The molecular formula is C14H22N4O2. The number of carbonyl (C=O) groups excluding carboxylic acids is 1. The Morgan fingerprint density at radius 3 is 3.10 bits per heavy atom.